The van der Waals surface area contributed by atoms with E-state index < -0.39 is 0 Å². The van der Waals surface area contributed by atoms with Gasteiger partial charge in [0.25, 0.3) is 0 Å². The number of rotatable bonds is 5. The van der Waals surface area contributed by atoms with Crippen LogP contribution in [0.3, 0.4) is 0 Å². The van der Waals surface area contributed by atoms with Crippen molar-refractivity contribution in [3.63, 3.8) is 0 Å². The molecule has 0 spiro atoms. The van der Waals surface area contributed by atoms with Crippen molar-refractivity contribution in [3.05, 3.63) is 0 Å². The van der Waals surface area contributed by atoms with E-state index in [2.05, 4.69) is 43.3 Å². The van der Waals surface area contributed by atoms with Crippen LogP contribution in [0.2, 0.25) is 0 Å². The fourth-order valence-corrected chi connectivity index (χ4v) is 0.962. The van der Waals surface area contributed by atoms with Crippen molar-refractivity contribution < 1.29 is 0 Å². The van der Waals surface area contributed by atoms with E-state index in [1.807, 2.05) is 0 Å². The number of guanidine groups is 1. The Labute approximate surface area is 87.4 Å². The van der Waals surface area contributed by atoms with E-state index in [9.17, 15) is 0 Å². The highest BCUT2D eigenvalue weighted by atomic mass is 15.2. The minimum atomic E-state index is 0.401. The molecule has 0 amide bonds. The van der Waals surface area contributed by atoms with Crippen LogP contribution in [0.15, 0.2) is 4.99 Å². The molecule has 0 bridgehead atoms. The molecule has 0 aromatic heterocycles. The molecule has 0 radical (unpaired) electrons. The van der Waals surface area contributed by atoms with Gasteiger partial charge in [0, 0.05) is 18.6 Å². The van der Waals surface area contributed by atoms with Gasteiger partial charge in [-0.25, -0.2) is 0 Å². The topological polar surface area (TPSA) is 62.4 Å². The Kier molecular flexibility index (Phi) is 7.20. The number of nitrogens with two attached hydrogens (primary N) is 1. The van der Waals surface area contributed by atoms with Crippen LogP contribution in [0.4, 0.5) is 0 Å². The third kappa shape index (κ3) is 7.86. The zero-order valence-electron chi connectivity index (χ0n) is 9.80. The standard InChI is InChI=1S/C10H24N4/c1-8(2)13-10(14-9(3)4)12-7-5-6-11/h8-9H,5-7,11H2,1-4H3,(H2,12,13,14). The van der Waals surface area contributed by atoms with Gasteiger partial charge in [0.2, 0.25) is 0 Å². The van der Waals surface area contributed by atoms with Gasteiger partial charge in [-0.1, -0.05) is 0 Å². The van der Waals surface area contributed by atoms with Gasteiger partial charge in [0.15, 0.2) is 5.96 Å². The first-order chi connectivity index (χ1) is 6.56. The lowest BCUT2D eigenvalue weighted by atomic mass is 10.4. The van der Waals surface area contributed by atoms with E-state index in [0.29, 0.717) is 18.6 Å². The van der Waals surface area contributed by atoms with Crippen molar-refractivity contribution in [2.24, 2.45) is 10.7 Å². The fraction of sp³-hybridized carbons (Fsp3) is 0.900. The van der Waals surface area contributed by atoms with E-state index in [4.69, 9.17) is 5.73 Å². The zero-order chi connectivity index (χ0) is 11.0. The Morgan fingerprint density at radius 1 is 1.14 bits per heavy atom. The van der Waals surface area contributed by atoms with Crippen LogP contribution in [0.1, 0.15) is 34.1 Å². The second-order valence-corrected chi connectivity index (χ2v) is 3.97. The Morgan fingerprint density at radius 2 is 1.64 bits per heavy atom. The van der Waals surface area contributed by atoms with Gasteiger partial charge in [0.1, 0.15) is 0 Å². The number of nitrogens with one attached hydrogen (secondary N) is 2. The summed E-state index contributed by atoms with van der Waals surface area (Å²) >= 11 is 0. The number of hydrogen-bond acceptors (Lipinski definition) is 2. The van der Waals surface area contributed by atoms with Crippen molar-refractivity contribution in [1.82, 2.24) is 10.6 Å². The Morgan fingerprint density at radius 3 is 2.00 bits per heavy atom. The highest BCUT2D eigenvalue weighted by Gasteiger charge is 2.01. The lowest BCUT2D eigenvalue weighted by molar-refractivity contribution is 0.653. The molecule has 84 valence electrons. The van der Waals surface area contributed by atoms with Crippen molar-refractivity contribution in [2.45, 2.75) is 46.2 Å². The Balaban J connectivity index is 4.01. The van der Waals surface area contributed by atoms with Crippen molar-refractivity contribution in [1.29, 1.82) is 0 Å². The maximum Gasteiger partial charge on any atom is 0.191 e. The van der Waals surface area contributed by atoms with Gasteiger partial charge in [-0.3, -0.25) is 4.99 Å². The third-order valence-electron chi connectivity index (χ3n) is 1.48. The SMILES string of the molecule is CC(C)NC(=NCCCN)NC(C)C. The van der Waals surface area contributed by atoms with Crippen molar-refractivity contribution in [2.75, 3.05) is 13.1 Å². The molecule has 14 heavy (non-hydrogen) atoms. The summed E-state index contributed by atoms with van der Waals surface area (Å²) in [6, 6.07) is 0.802. The lowest BCUT2D eigenvalue weighted by Gasteiger charge is -2.17. The molecule has 0 fully saturated rings. The number of aliphatic imine (C=N–C) groups is 1. The predicted molar refractivity (Wildman–Crippen MR) is 62.5 cm³/mol. The molecule has 0 unspecified atom stereocenters. The van der Waals surface area contributed by atoms with Gasteiger partial charge >= 0.3 is 0 Å². The third-order valence-corrected chi connectivity index (χ3v) is 1.48. The molecular formula is C10H24N4. The zero-order valence-corrected chi connectivity index (χ0v) is 9.80. The quantitative estimate of drug-likeness (QED) is 0.347. The largest absolute Gasteiger partial charge is 0.354 e. The molecule has 4 heteroatoms. The van der Waals surface area contributed by atoms with Crippen LogP contribution < -0.4 is 16.4 Å². The second-order valence-electron chi connectivity index (χ2n) is 3.97. The molecule has 0 aliphatic rings. The summed E-state index contributed by atoms with van der Waals surface area (Å²) in [5.41, 5.74) is 5.41. The highest BCUT2D eigenvalue weighted by molar-refractivity contribution is 5.80. The highest BCUT2D eigenvalue weighted by Crippen LogP contribution is 1.84. The van der Waals surface area contributed by atoms with Gasteiger partial charge in [-0.05, 0) is 40.7 Å². The summed E-state index contributed by atoms with van der Waals surface area (Å²) in [7, 11) is 0. The molecule has 0 aliphatic heterocycles. The van der Waals surface area contributed by atoms with E-state index in [-0.39, 0.29) is 0 Å². The molecule has 4 nitrogen and oxygen atoms in total. The first-order valence-corrected chi connectivity index (χ1v) is 5.33. The molecule has 0 rings (SSSR count). The maximum absolute atomic E-state index is 5.41. The first kappa shape index (κ1) is 13.2. The molecule has 4 N–H and O–H groups in total. The molecule has 0 aromatic rings. The molecule has 0 atom stereocenters. The second kappa shape index (κ2) is 7.62. The van der Waals surface area contributed by atoms with E-state index in [1.54, 1.807) is 0 Å². The summed E-state index contributed by atoms with van der Waals surface area (Å²) in [5, 5.41) is 6.54. The lowest BCUT2D eigenvalue weighted by Crippen LogP contribution is -2.44. The van der Waals surface area contributed by atoms with Crippen molar-refractivity contribution >= 4 is 5.96 Å². The van der Waals surface area contributed by atoms with Crippen LogP contribution in [0, 0.1) is 0 Å². The summed E-state index contributed by atoms with van der Waals surface area (Å²) in [4.78, 5) is 4.41. The monoisotopic (exact) mass is 200 g/mol. The summed E-state index contributed by atoms with van der Waals surface area (Å²) < 4.78 is 0. The normalized spacial score (nSPS) is 10.5. The average Bonchev–Trinajstić information content (AvgIpc) is 2.02. The van der Waals surface area contributed by atoms with Crippen molar-refractivity contribution in [3.8, 4) is 0 Å². The molecular weight excluding hydrogens is 176 g/mol. The minimum absolute atomic E-state index is 0.401. The predicted octanol–water partition coefficient (Wildman–Crippen LogP) is 0.687. The van der Waals surface area contributed by atoms with Gasteiger partial charge in [-0.2, -0.15) is 0 Å². The van der Waals surface area contributed by atoms with E-state index in [0.717, 1.165) is 18.9 Å². The van der Waals surface area contributed by atoms with Crippen LogP contribution in [-0.2, 0) is 0 Å². The summed E-state index contributed by atoms with van der Waals surface area (Å²) in [6.45, 7) is 9.87. The molecule has 0 heterocycles. The van der Waals surface area contributed by atoms with E-state index >= 15 is 0 Å². The van der Waals surface area contributed by atoms with E-state index in [1.165, 1.54) is 0 Å². The minimum Gasteiger partial charge on any atom is -0.354 e. The molecule has 0 aliphatic carbocycles. The van der Waals surface area contributed by atoms with Gasteiger partial charge in [-0.15, -0.1) is 0 Å². The fourth-order valence-electron chi connectivity index (χ4n) is 0.962. The molecule has 0 saturated carbocycles. The van der Waals surface area contributed by atoms with Gasteiger partial charge < -0.3 is 16.4 Å². The smallest absolute Gasteiger partial charge is 0.191 e. The average molecular weight is 200 g/mol. The Hall–Kier alpha value is -0.770. The summed E-state index contributed by atoms with van der Waals surface area (Å²) in [5.74, 6) is 0.878. The number of nitrogens with zero attached hydrogens (tertiary/aromatic N) is 1. The molecule has 0 aromatic carbocycles. The van der Waals surface area contributed by atoms with Crippen LogP contribution in [0.25, 0.3) is 0 Å². The molecule has 0 saturated heterocycles. The van der Waals surface area contributed by atoms with Crippen LogP contribution in [-0.4, -0.2) is 31.1 Å². The first-order valence-electron chi connectivity index (χ1n) is 5.33. The van der Waals surface area contributed by atoms with Crippen LogP contribution in [0.5, 0.6) is 0 Å². The Bertz CT molecular complexity index is 152. The van der Waals surface area contributed by atoms with Crippen LogP contribution >= 0.6 is 0 Å². The van der Waals surface area contributed by atoms with Gasteiger partial charge in [0.05, 0.1) is 0 Å². The number of hydrogen-bond donors (Lipinski definition) is 3. The summed E-state index contributed by atoms with van der Waals surface area (Å²) in [6.07, 6.45) is 0.934. The maximum atomic E-state index is 5.41.